The van der Waals surface area contributed by atoms with Crippen molar-refractivity contribution in [1.29, 1.82) is 0 Å². The second kappa shape index (κ2) is 9.30. The van der Waals surface area contributed by atoms with Gasteiger partial charge in [0.05, 0.1) is 6.66 Å². The molecule has 0 aromatic heterocycles. The van der Waals surface area contributed by atoms with Crippen LogP contribution in [0.5, 0.6) is 5.75 Å². The van der Waals surface area contributed by atoms with Gasteiger partial charge >= 0.3 is 0 Å². The maximum absolute atomic E-state index is 12.3. The molecule has 0 aliphatic carbocycles. The van der Waals surface area contributed by atoms with Crippen molar-refractivity contribution in [2.24, 2.45) is 0 Å². The third kappa shape index (κ3) is 4.39. The fourth-order valence-corrected chi connectivity index (χ4v) is 6.07. The summed E-state index contributed by atoms with van der Waals surface area (Å²) < 4.78 is 17.6. The molecule has 0 aliphatic heterocycles. The molecule has 0 aliphatic rings. The van der Waals surface area contributed by atoms with Gasteiger partial charge in [-0.25, -0.2) is 4.39 Å². The maximum atomic E-state index is 12.3. The van der Waals surface area contributed by atoms with Gasteiger partial charge in [0.2, 0.25) is 0 Å². The van der Waals surface area contributed by atoms with Crippen LogP contribution in [-0.2, 0) is 0 Å². The lowest BCUT2D eigenvalue weighted by Crippen LogP contribution is -2.30. The average molecular weight is 467 g/mol. The minimum absolute atomic E-state index is 0. The zero-order valence-corrected chi connectivity index (χ0v) is 17.4. The highest BCUT2D eigenvalue weighted by molar-refractivity contribution is 14.0. The Kier molecular flexibility index (Phi) is 7.39. The predicted molar refractivity (Wildman–Crippen MR) is 118 cm³/mol. The van der Waals surface area contributed by atoms with Crippen molar-refractivity contribution in [2.45, 2.75) is 0 Å². The first kappa shape index (κ1) is 19.9. The Hall–Kier alpha value is -1.45. The van der Waals surface area contributed by atoms with Crippen molar-refractivity contribution >= 4 is 47.2 Å². The Morgan fingerprint density at radius 2 is 1.16 bits per heavy atom. The molecule has 1 nitrogen and oxygen atoms in total. The molecular formula is C21H22FIOP+. The first-order chi connectivity index (χ1) is 11.7. The van der Waals surface area contributed by atoms with E-state index in [-0.39, 0.29) is 30.6 Å². The second-order valence-corrected chi connectivity index (χ2v) is 9.27. The van der Waals surface area contributed by atoms with E-state index < -0.39 is 13.9 Å². The molecular weight excluding hydrogens is 445 g/mol. The molecule has 3 aromatic carbocycles. The van der Waals surface area contributed by atoms with Crippen LogP contribution in [0.1, 0.15) is 0 Å². The van der Waals surface area contributed by atoms with Crippen LogP contribution in [0.3, 0.4) is 0 Å². The Morgan fingerprint density at radius 3 is 1.60 bits per heavy atom. The van der Waals surface area contributed by atoms with Crippen LogP contribution in [0.15, 0.2) is 84.9 Å². The second-order valence-electron chi connectivity index (χ2n) is 5.71. The number of hydrogen-bond acceptors (Lipinski definition) is 1. The van der Waals surface area contributed by atoms with Crippen molar-refractivity contribution in [1.82, 2.24) is 0 Å². The smallest absolute Gasteiger partial charge is 0.123 e. The fourth-order valence-electron chi connectivity index (χ4n) is 2.90. The Labute approximate surface area is 166 Å². The van der Waals surface area contributed by atoms with E-state index in [1.807, 2.05) is 24.3 Å². The monoisotopic (exact) mass is 467 g/mol. The molecule has 0 fully saturated rings. The molecule has 0 amide bonds. The molecule has 0 heterocycles. The molecule has 0 atom stereocenters. The van der Waals surface area contributed by atoms with Gasteiger partial charge in [-0.1, -0.05) is 36.4 Å². The van der Waals surface area contributed by atoms with E-state index in [2.05, 4.69) is 67.3 Å². The van der Waals surface area contributed by atoms with Gasteiger partial charge in [0.25, 0.3) is 0 Å². The standard InChI is InChI=1S/C21H21FOP.HI/c1-24(19-8-4-2-5-9-19,20-10-6-3-7-11-20)21-14-12-18(13-15-21)23-17-16-22;/h2-15H,16-17H2,1H3;1H/q+1;. The van der Waals surface area contributed by atoms with Gasteiger partial charge in [0, 0.05) is 0 Å². The predicted octanol–water partition coefficient (Wildman–Crippen LogP) is 4.58. The molecule has 0 unspecified atom stereocenters. The molecule has 25 heavy (non-hydrogen) atoms. The number of ether oxygens (including phenoxy) is 1. The summed E-state index contributed by atoms with van der Waals surface area (Å²) in [6.07, 6.45) is 0. The summed E-state index contributed by atoms with van der Waals surface area (Å²) in [6.45, 7) is 1.97. The third-order valence-corrected chi connectivity index (χ3v) is 8.24. The van der Waals surface area contributed by atoms with Crippen molar-refractivity contribution in [3.05, 3.63) is 84.9 Å². The summed E-state index contributed by atoms with van der Waals surface area (Å²) in [5, 5.41) is 3.97. The van der Waals surface area contributed by atoms with Gasteiger partial charge in [-0.15, -0.1) is 24.0 Å². The Bertz CT molecular complexity index is 723. The largest absolute Gasteiger partial charge is 0.491 e. The maximum Gasteiger partial charge on any atom is 0.123 e. The average Bonchev–Trinajstić information content (AvgIpc) is 2.67. The molecule has 4 heteroatoms. The minimum Gasteiger partial charge on any atom is -0.491 e. The van der Waals surface area contributed by atoms with E-state index in [9.17, 15) is 4.39 Å². The minimum atomic E-state index is -1.70. The zero-order valence-electron chi connectivity index (χ0n) is 14.1. The van der Waals surface area contributed by atoms with Crippen molar-refractivity contribution in [2.75, 3.05) is 19.9 Å². The zero-order chi connectivity index (χ0) is 16.8. The van der Waals surface area contributed by atoms with Crippen LogP contribution in [0, 0.1) is 0 Å². The lowest BCUT2D eigenvalue weighted by molar-refractivity contribution is 0.273. The van der Waals surface area contributed by atoms with Gasteiger partial charge in [-0.05, 0) is 48.5 Å². The summed E-state index contributed by atoms with van der Waals surface area (Å²) in [6, 6.07) is 29.4. The van der Waals surface area contributed by atoms with Crippen LogP contribution in [0.4, 0.5) is 4.39 Å². The number of rotatable bonds is 6. The van der Waals surface area contributed by atoms with Gasteiger partial charge in [-0.2, -0.15) is 0 Å². The Morgan fingerprint density at radius 1 is 0.720 bits per heavy atom. The van der Waals surface area contributed by atoms with E-state index in [1.54, 1.807) is 0 Å². The summed E-state index contributed by atoms with van der Waals surface area (Å²) in [7, 11) is -1.70. The van der Waals surface area contributed by atoms with Crippen LogP contribution in [0.2, 0.25) is 0 Å². The molecule has 0 saturated heterocycles. The van der Waals surface area contributed by atoms with E-state index >= 15 is 0 Å². The SMILES string of the molecule is C[P+](c1ccccc1)(c1ccccc1)c1ccc(OCCF)cc1.I. The fraction of sp³-hybridized carbons (Fsp3) is 0.143. The first-order valence-electron chi connectivity index (χ1n) is 8.02. The van der Waals surface area contributed by atoms with Crippen molar-refractivity contribution < 1.29 is 9.13 Å². The normalized spacial score (nSPS) is 10.8. The highest BCUT2D eigenvalue weighted by atomic mass is 127. The number of alkyl halides is 1. The molecule has 0 bridgehead atoms. The van der Waals surface area contributed by atoms with Crippen LogP contribution in [0.25, 0.3) is 0 Å². The van der Waals surface area contributed by atoms with Gasteiger partial charge < -0.3 is 4.74 Å². The summed E-state index contributed by atoms with van der Waals surface area (Å²) in [5.41, 5.74) is 0. The third-order valence-electron chi connectivity index (χ3n) is 4.24. The van der Waals surface area contributed by atoms with E-state index in [1.165, 1.54) is 15.9 Å². The van der Waals surface area contributed by atoms with E-state index in [0.29, 0.717) is 5.75 Å². The highest BCUT2D eigenvalue weighted by Crippen LogP contribution is 2.51. The number of benzene rings is 3. The number of halogens is 2. The van der Waals surface area contributed by atoms with E-state index in [4.69, 9.17) is 4.74 Å². The number of hydrogen-bond donors (Lipinski definition) is 0. The highest BCUT2D eigenvalue weighted by Gasteiger charge is 2.39. The van der Waals surface area contributed by atoms with Crippen LogP contribution >= 0.6 is 31.2 Å². The topological polar surface area (TPSA) is 9.23 Å². The Balaban J connectivity index is 0.00000225. The summed E-state index contributed by atoms with van der Waals surface area (Å²) >= 11 is 0. The molecule has 0 spiro atoms. The van der Waals surface area contributed by atoms with Gasteiger partial charge in [0.1, 0.15) is 42.2 Å². The summed E-state index contributed by atoms with van der Waals surface area (Å²) in [4.78, 5) is 0. The van der Waals surface area contributed by atoms with Crippen molar-refractivity contribution in [3.8, 4) is 5.75 Å². The lowest BCUT2D eigenvalue weighted by Gasteiger charge is -2.23. The van der Waals surface area contributed by atoms with Crippen molar-refractivity contribution in [3.63, 3.8) is 0 Å². The first-order valence-corrected chi connectivity index (χ1v) is 10.3. The molecule has 3 aromatic rings. The molecule has 0 radical (unpaired) electrons. The van der Waals surface area contributed by atoms with Crippen LogP contribution < -0.4 is 20.7 Å². The van der Waals surface area contributed by atoms with Gasteiger partial charge in [0.15, 0.2) is 0 Å². The quantitative estimate of drug-likeness (QED) is 0.381. The lowest BCUT2D eigenvalue weighted by atomic mass is 10.3. The summed E-state index contributed by atoms with van der Waals surface area (Å²) in [5.74, 6) is 0.712. The molecule has 0 N–H and O–H groups in total. The van der Waals surface area contributed by atoms with Crippen LogP contribution in [-0.4, -0.2) is 19.9 Å². The molecule has 130 valence electrons. The molecule has 3 rings (SSSR count). The molecule has 0 saturated carbocycles. The van der Waals surface area contributed by atoms with Gasteiger partial charge in [-0.3, -0.25) is 0 Å². The van der Waals surface area contributed by atoms with E-state index in [0.717, 1.165) is 0 Å².